The van der Waals surface area contributed by atoms with Gasteiger partial charge in [0.15, 0.2) is 0 Å². The SMILES string of the molecule is CCNC(CCCC(F)(F)F)c1cc(Cl)ccc1F. The average molecular weight is 298 g/mol. The lowest BCUT2D eigenvalue weighted by Gasteiger charge is -2.19. The van der Waals surface area contributed by atoms with E-state index >= 15 is 0 Å². The number of benzene rings is 1. The summed E-state index contributed by atoms with van der Waals surface area (Å²) in [7, 11) is 0. The number of nitrogens with one attached hydrogen (secondary N) is 1. The molecule has 0 bridgehead atoms. The van der Waals surface area contributed by atoms with Crippen molar-refractivity contribution in [2.24, 2.45) is 0 Å². The van der Waals surface area contributed by atoms with Gasteiger partial charge in [0, 0.05) is 23.0 Å². The van der Waals surface area contributed by atoms with Crippen molar-refractivity contribution in [1.29, 1.82) is 0 Å². The van der Waals surface area contributed by atoms with Crippen molar-refractivity contribution in [3.8, 4) is 0 Å². The molecule has 1 N–H and O–H groups in total. The predicted octanol–water partition coefficient (Wildman–Crippen LogP) is 4.86. The summed E-state index contributed by atoms with van der Waals surface area (Å²) in [4.78, 5) is 0. The third-order valence-electron chi connectivity index (χ3n) is 2.74. The molecule has 0 aliphatic rings. The van der Waals surface area contributed by atoms with Crippen LogP contribution in [0.3, 0.4) is 0 Å². The standard InChI is InChI=1S/C13H16ClF4N/c1-2-19-12(4-3-7-13(16,17)18)10-8-9(14)5-6-11(10)15/h5-6,8,12,19H,2-4,7H2,1H3. The minimum absolute atomic E-state index is 0.0485. The fourth-order valence-electron chi connectivity index (χ4n) is 1.90. The molecule has 0 amide bonds. The van der Waals surface area contributed by atoms with Crippen LogP contribution in [0.4, 0.5) is 17.6 Å². The van der Waals surface area contributed by atoms with Crippen LogP contribution in [-0.4, -0.2) is 12.7 Å². The number of hydrogen-bond donors (Lipinski definition) is 1. The zero-order chi connectivity index (χ0) is 14.5. The maximum Gasteiger partial charge on any atom is 0.389 e. The van der Waals surface area contributed by atoms with Gasteiger partial charge in [-0.25, -0.2) is 4.39 Å². The first-order chi connectivity index (χ1) is 8.83. The second kappa shape index (κ2) is 7.10. The summed E-state index contributed by atoms with van der Waals surface area (Å²) in [6.07, 6.45) is -4.88. The minimum atomic E-state index is -4.18. The Hall–Kier alpha value is -0.810. The molecule has 1 aromatic rings. The molecule has 0 spiro atoms. The van der Waals surface area contributed by atoms with E-state index in [1.807, 2.05) is 6.92 Å². The van der Waals surface area contributed by atoms with E-state index in [2.05, 4.69) is 5.32 Å². The topological polar surface area (TPSA) is 12.0 Å². The Labute approximate surface area is 115 Å². The summed E-state index contributed by atoms with van der Waals surface area (Å²) in [6.45, 7) is 2.36. The second-order valence-corrected chi connectivity index (χ2v) is 4.72. The van der Waals surface area contributed by atoms with Gasteiger partial charge in [0.1, 0.15) is 5.82 Å². The number of rotatable bonds is 6. The maximum absolute atomic E-state index is 13.7. The summed E-state index contributed by atoms with van der Waals surface area (Å²) < 4.78 is 50.0. The highest BCUT2D eigenvalue weighted by molar-refractivity contribution is 6.30. The van der Waals surface area contributed by atoms with Crippen LogP contribution in [0.2, 0.25) is 5.02 Å². The third-order valence-corrected chi connectivity index (χ3v) is 2.97. The van der Waals surface area contributed by atoms with Crippen LogP contribution in [0.25, 0.3) is 0 Å². The Bertz CT molecular complexity index is 406. The fourth-order valence-corrected chi connectivity index (χ4v) is 2.08. The molecule has 6 heteroatoms. The summed E-state index contributed by atoms with van der Waals surface area (Å²) in [5, 5.41) is 3.36. The lowest BCUT2D eigenvalue weighted by molar-refractivity contribution is -0.135. The monoisotopic (exact) mass is 297 g/mol. The van der Waals surface area contributed by atoms with Gasteiger partial charge in [-0.3, -0.25) is 0 Å². The Morgan fingerprint density at radius 2 is 2.00 bits per heavy atom. The molecular weight excluding hydrogens is 282 g/mol. The quantitative estimate of drug-likeness (QED) is 0.739. The van der Waals surface area contributed by atoms with Crippen molar-refractivity contribution in [1.82, 2.24) is 5.32 Å². The Morgan fingerprint density at radius 3 is 2.58 bits per heavy atom. The highest BCUT2D eigenvalue weighted by Crippen LogP contribution is 2.28. The van der Waals surface area contributed by atoms with E-state index in [-0.39, 0.29) is 12.8 Å². The van der Waals surface area contributed by atoms with Crippen LogP contribution in [0.15, 0.2) is 18.2 Å². The van der Waals surface area contributed by atoms with Crippen LogP contribution in [0.1, 0.15) is 37.8 Å². The zero-order valence-electron chi connectivity index (χ0n) is 10.5. The summed E-state index contributed by atoms with van der Waals surface area (Å²) >= 11 is 5.79. The lowest BCUT2D eigenvalue weighted by atomic mass is 10.00. The molecule has 0 aliphatic carbocycles. The highest BCUT2D eigenvalue weighted by Gasteiger charge is 2.27. The van der Waals surface area contributed by atoms with Gasteiger partial charge < -0.3 is 5.32 Å². The largest absolute Gasteiger partial charge is 0.389 e. The molecular formula is C13H16ClF4N. The van der Waals surface area contributed by atoms with Gasteiger partial charge >= 0.3 is 6.18 Å². The van der Waals surface area contributed by atoms with E-state index in [1.165, 1.54) is 18.2 Å². The molecule has 19 heavy (non-hydrogen) atoms. The van der Waals surface area contributed by atoms with Gasteiger partial charge in [-0.15, -0.1) is 0 Å². The van der Waals surface area contributed by atoms with E-state index < -0.39 is 24.5 Å². The Kier molecular flexibility index (Phi) is 6.07. The van der Waals surface area contributed by atoms with Gasteiger partial charge in [0.2, 0.25) is 0 Å². The molecule has 0 heterocycles. The summed E-state index contributed by atoms with van der Waals surface area (Å²) in [5.74, 6) is -0.456. The number of alkyl halides is 3. The molecule has 0 radical (unpaired) electrons. The molecule has 0 aliphatic heterocycles. The minimum Gasteiger partial charge on any atom is -0.310 e. The van der Waals surface area contributed by atoms with Crippen molar-refractivity contribution in [3.05, 3.63) is 34.6 Å². The van der Waals surface area contributed by atoms with Gasteiger partial charge in [0.05, 0.1) is 0 Å². The van der Waals surface area contributed by atoms with Crippen LogP contribution in [0.5, 0.6) is 0 Å². The second-order valence-electron chi connectivity index (χ2n) is 4.28. The van der Waals surface area contributed by atoms with E-state index in [4.69, 9.17) is 11.6 Å². The Morgan fingerprint density at radius 1 is 1.32 bits per heavy atom. The van der Waals surface area contributed by atoms with Crippen molar-refractivity contribution in [2.75, 3.05) is 6.54 Å². The molecule has 1 unspecified atom stereocenters. The van der Waals surface area contributed by atoms with E-state index in [9.17, 15) is 17.6 Å². The smallest absolute Gasteiger partial charge is 0.310 e. The zero-order valence-corrected chi connectivity index (χ0v) is 11.3. The molecule has 108 valence electrons. The fraction of sp³-hybridized carbons (Fsp3) is 0.538. The van der Waals surface area contributed by atoms with Crippen molar-refractivity contribution >= 4 is 11.6 Å². The number of halogens is 5. The molecule has 1 atom stereocenters. The highest BCUT2D eigenvalue weighted by atomic mass is 35.5. The first-order valence-electron chi connectivity index (χ1n) is 6.08. The normalized spacial score (nSPS) is 13.6. The molecule has 0 saturated carbocycles. The van der Waals surface area contributed by atoms with Crippen LogP contribution < -0.4 is 5.32 Å². The average Bonchev–Trinajstić information content (AvgIpc) is 2.30. The molecule has 1 aromatic carbocycles. The van der Waals surface area contributed by atoms with Crippen LogP contribution >= 0.6 is 11.6 Å². The maximum atomic E-state index is 13.7. The van der Waals surface area contributed by atoms with Crippen molar-refractivity contribution in [2.45, 2.75) is 38.4 Å². The molecule has 1 nitrogen and oxygen atoms in total. The summed E-state index contributed by atoms with van der Waals surface area (Å²) in [6, 6.07) is 3.65. The van der Waals surface area contributed by atoms with Gasteiger partial charge in [-0.1, -0.05) is 18.5 Å². The van der Waals surface area contributed by atoms with E-state index in [1.54, 1.807) is 0 Å². The molecule has 1 rings (SSSR count). The third kappa shape index (κ3) is 5.78. The summed E-state index contributed by atoms with van der Waals surface area (Å²) in [5.41, 5.74) is 0.316. The van der Waals surface area contributed by atoms with Gasteiger partial charge in [-0.2, -0.15) is 13.2 Å². The van der Waals surface area contributed by atoms with E-state index in [0.29, 0.717) is 17.1 Å². The van der Waals surface area contributed by atoms with E-state index in [0.717, 1.165) is 0 Å². The molecule has 0 fully saturated rings. The van der Waals surface area contributed by atoms with Crippen molar-refractivity contribution < 1.29 is 17.6 Å². The van der Waals surface area contributed by atoms with Gasteiger partial charge in [-0.05, 0) is 37.6 Å². The molecule has 0 saturated heterocycles. The van der Waals surface area contributed by atoms with Gasteiger partial charge in [0.25, 0.3) is 0 Å². The first-order valence-corrected chi connectivity index (χ1v) is 6.46. The lowest BCUT2D eigenvalue weighted by Crippen LogP contribution is -2.22. The van der Waals surface area contributed by atoms with Crippen LogP contribution in [-0.2, 0) is 0 Å². The Balaban J connectivity index is 2.73. The first kappa shape index (κ1) is 16.2. The molecule has 0 aromatic heterocycles. The van der Waals surface area contributed by atoms with Crippen molar-refractivity contribution in [3.63, 3.8) is 0 Å². The number of hydrogen-bond acceptors (Lipinski definition) is 1. The van der Waals surface area contributed by atoms with Crippen LogP contribution in [0, 0.1) is 5.82 Å². The predicted molar refractivity (Wildman–Crippen MR) is 67.7 cm³/mol.